The summed E-state index contributed by atoms with van der Waals surface area (Å²) in [5.41, 5.74) is 28.3. The van der Waals surface area contributed by atoms with Crippen molar-refractivity contribution in [1.82, 2.24) is 0 Å². The molecule has 0 unspecified atom stereocenters. The van der Waals surface area contributed by atoms with Crippen molar-refractivity contribution in [3.8, 4) is 22.3 Å². The molecule has 15 rings (SSSR count). The molecule has 80 heavy (non-hydrogen) atoms. The van der Waals surface area contributed by atoms with Crippen LogP contribution in [0, 0.1) is 20.8 Å². The zero-order valence-electron chi connectivity index (χ0n) is 46.8. The number of nitrogens with zero attached hydrogens (tertiary/aromatic N) is 3. The van der Waals surface area contributed by atoms with Gasteiger partial charge in [-0.05, 0) is 189 Å². The van der Waals surface area contributed by atoms with Crippen LogP contribution in [0.5, 0.6) is 0 Å². The molecular weight excluding hydrogens is 966 g/mol. The Kier molecular flexibility index (Phi) is 10.8. The minimum atomic E-state index is -0.694. The molecule has 386 valence electrons. The molecule has 11 aromatic carbocycles. The molecule has 0 bridgehead atoms. The fraction of sp³-hybridized carbons (Fsp3) is 0.158. The molecule has 0 fully saturated rings. The van der Waals surface area contributed by atoms with Crippen LogP contribution in [-0.4, -0.2) is 6.85 Å². The molecule has 1 aliphatic carbocycles. The summed E-state index contributed by atoms with van der Waals surface area (Å²) in [5, 5.41) is 2.49. The second-order valence-electron chi connectivity index (χ2n) is 24.5. The number of hydrogen-bond donors (Lipinski definition) is 0. The molecule has 0 atom stereocenters. The van der Waals surface area contributed by atoms with Crippen LogP contribution in [0.2, 0.25) is 0 Å². The van der Waals surface area contributed by atoms with Crippen LogP contribution >= 0.6 is 0 Å². The largest absolute Gasteiger partial charge is 0.376 e. The number of para-hydroxylation sites is 3. The van der Waals surface area contributed by atoms with Crippen LogP contribution in [0.4, 0.5) is 45.5 Å². The van der Waals surface area contributed by atoms with Crippen LogP contribution in [0.1, 0.15) is 90.6 Å². The summed E-state index contributed by atoms with van der Waals surface area (Å²) in [5.74, 6) is 0. The van der Waals surface area contributed by atoms with Gasteiger partial charge in [-0.1, -0.05) is 203 Å². The molecule has 3 heterocycles. The van der Waals surface area contributed by atoms with E-state index in [0.29, 0.717) is 0 Å². The topological polar surface area (TPSA) is 9.72 Å². The van der Waals surface area contributed by atoms with Gasteiger partial charge in [-0.15, -0.1) is 0 Å². The molecule has 4 aliphatic rings. The third kappa shape index (κ3) is 7.00. The Hall–Kier alpha value is -8.86. The molecular formula is C76H64BN3. The van der Waals surface area contributed by atoms with E-state index < -0.39 is 5.41 Å². The number of rotatable bonds is 7. The molecule has 0 N–H and O–H groups in total. The monoisotopic (exact) mass is 1030 g/mol. The molecule has 0 saturated carbocycles. The fourth-order valence-electron chi connectivity index (χ4n) is 15.2. The lowest BCUT2D eigenvalue weighted by atomic mass is 9.42. The molecule has 0 amide bonds. The third-order valence-corrected chi connectivity index (χ3v) is 18.8. The van der Waals surface area contributed by atoms with E-state index in [-0.39, 0.29) is 17.7 Å². The lowest BCUT2D eigenvalue weighted by Crippen LogP contribution is -2.62. The summed E-state index contributed by atoms with van der Waals surface area (Å²) in [7, 11) is 0. The van der Waals surface area contributed by atoms with Gasteiger partial charge in [0, 0.05) is 50.9 Å². The molecule has 11 aromatic rings. The van der Waals surface area contributed by atoms with Crippen LogP contribution in [0.25, 0.3) is 33.0 Å². The van der Waals surface area contributed by atoms with Crippen LogP contribution in [0.15, 0.2) is 237 Å². The zero-order valence-corrected chi connectivity index (χ0v) is 46.8. The first-order chi connectivity index (χ1) is 38.9. The van der Waals surface area contributed by atoms with E-state index in [9.17, 15) is 0 Å². The van der Waals surface area contributed by atoms with Gasteiger partial charge in [0.2, 0.25) is 0 Å². The van der Waals surface area contributed by atoms with Gasteiger partial charge < -0.3 is 14.6 Å². The molecule has 0 spiro atoms. The van der Waals surface area contributed by atoms with Crippen molar-refractivity contribution >= 4 is 74.0 Å². The first-order valence-electron chi connectivity index (χ1n) is 28.7. The van der Waals surface area contributed by atoms with Crippen molar-refractivity contribution in [3.63, 3.8) is 0 Å². The number of hydrogen-bond acceptors (Lipinski definition) is 3. The Morgan fingerprint density at radius 1 is 0.450 bits per heavy atom. The Morgan fingerprint density at radius 3 is 1.73 bits per heavy atom. The van der Waals surface area contributed by atoms with E-state index in [1.165, 1.54) is 122 Å². The summed E-state index contributed by atoms with van der Waals surface area (Å²) in [6.07, 6.45) is 2.29. The van der Waals surface area contributed by atoms with E-state index in [0.717, 1.165) is 29.9 Å². The molecule has 0 aromatic heterocycles. The van der Waals surface area contributed by atoms with Crippen molar-refractivity contribution < 1.29 is 0 Å². The average Bonchev–Trinajstić information content (AvgIpc) is 1.53. The first kappa shape index (κ1) is 48.3. The predicted molar refractivity (Wildman–Crippen MR) is 339 cm³/mol. The maximum Gasteiger partial charge on any atom is 0.333 e. The van der Waals surface area contributed by atoms with Gasteiger partial charge >= 0.3 is 6.85 Å². The molecule has 0 saturated heterocycles. The lowest BCUT2D eigenvalue weighted by Gasteiger charge is -2.52. The van der Waals surface area contributed by atoms with E-state index in [2.05, 4.69) is 300 Å². The van der Waals surface area contributed by atoms with Crippen molar-refractivity contribution in [2.24, 2.45) is 0 Å². The molecule has 3 nitrogen and oxygen atoms in total. The van der Waals surface area contributed by atoms with Gasteiger partial charge in [-0.25, -0.2) is 0 Å². The zero-order chi connectivity index (χ0) is 54.2. The maximum absolute atomic E-state index is 2.76. The number of anilines is 8. The minimum absolute atomic E-state index is 0.00674. The second kappa shape index (κ2) is 17.8. The van der Waals surface area contributed by atoms with Crippen LogP contribution in [-0.2, 0) is 16.2 Å². The van der Waals surface area contributed by atoms with Gasteiger partial charge in [-0.3, -0.25) is 0 Å². The summed E-state index contributed by atoms with van der Waals surface area (Å²) < 4.78 is 0. The van der Waals surface area contributed by atoms with Gasteiger partial charge in [0.15, 0.2) is 0 Å². The minimum Gasteiger partial charge on any atom is -0.376 e. The van der Waals surface area contributed by atoms with Gasteiger partial charge in [0.1, 0.15) is 0 Å². The van der Waals surface area contributed by atoms with E-state index in [1.54, 1.807) is 0 Å². The average molecular weight is 1030 g/mol. The predicted octanol–water partition coefficient (Wildman–Crippen LogP) is 18.7. The second-order valence-corrected chi connectivity index (χ2v) is 24.5. The number of benzene rings is 11. The van der Waals surface area contributed by atoms with Gasteiger partial charge in [0.05, 0.1) is 11.1 Å². The number of fused-ring (bicyclic) bond motifs is 9. The highest BCUT2D eigenvalue weighted by Crippen LogP contribution is 2.61. The van der Waals surface area contributed by atoms with Crippen LogP contribution in [0.3, 0.4) is 0 Å². The summed E-state index contributed by atoms with van der Waals surface area (Å²) >= 11 is 0. The quantitative estimate of drug-likeness (QED) is 0.147. The Bertz CT molecular complexity index is 4190. The van der Waals surface area contributed by atoms with Crippen LogP contribution < -0.4 is 25.5 Å². The third-order valence-electron chi connectivity index (χ3n) is 18.8. The normalized spacial score (nSPS) is 15.6. The highest BCUT2D eigenvalue weighted by Gasteiger charge is 2.54. The Balaban J connectivity index is 1.11. The summed E-state index contributed by atoms with van der Waals surface area (Å²) in [6, 6.07) is 90.4. The molecule has 0 radical (unpaired) electrons. The Labute approximate surface area is 472 Å². The van der Waals surface area contributed by atoms with Crippen molar-refractivity contribution in [2.45, 2.75) is 77.6 Å². The Morgan fingerprint density at radius 2 is 1.06 bits per heavy atom. The number of aryl methyl sites for hydroxylation is 3. The fourth-order valence-corrected chi connectivity index (χ4v) is 15.2. The highest BCUT2D eigenvalue weighted by atomic mass is 15.2. The maximum atomic E-state index is 2.76. The standard InChI is InChI=1S/C76H64BN3/c1-49-43-50(2)70(51(3)44-49)53-45-62-61-38-36-58(78(56-28-16-10-17-29-56)57-30-18-11-19-31-57)48-68(61)80(59-37-39-63-65(47-59)75(6,7)42-41-74(63,4)5)77-66-34-22-33-64-73(66)79(69(46-53)72(62)77)67-40-35-52-23-20-21-32-60(52)71(67)76(64,54-24-12-8-13-25-54)55-26-14-9-15-27-55/h8-40,43-48H,41-42H2,1-7H3. The van der Waals surface area contributed by atoms with E-state index >= 15 is 0 Å². The van der Waals surface area contributed by atoms with E-state index in [1.807, 2.05) is 0 Å². The van der Waals surface area contributed by atoms with Gasteiger partial charge in [-0.2, -0.15) is 0 Å². The molecule has 4 heteroatoms. The SMILES string of the molecule is Cc1cc(C)c(-c2cc3c4c(c2)N2c5ccc6ccccc6c5C(c5ccccc5)(c5ccccc5)c5cccc(c52)B4N(c2ccc4c(c2)C(C)(C)CCC4(C)C)c2cc(N(c4ccccc4)c4ccccc4)ccc2-3)c(C)c1. The van der Waals surface area contributed by atoms with Gasteiger partial charge in [0.25, 0.3) is 0 Å². The van der Waals surface area contributed by atoms with Crippen molar-refractivity contribution in [3.05, 3.63) is 287 Å². The smallest absolute Gasteiger partial charge is 0.333 e. The first-order valence-corrected chi connectivity index (χ1v) is 28.7. The summed E-state index contributed by atoms with van der Waals surface area (Å²) in [6.45, 7) is 16.4. The lowest BCUT2D eigenvalue weighted by molar-refractivity contribution is 0.332. The highest BCUT2D eigenvalue weighted by molar-refractivity contribution is 6.93. The van der Waals surface area contributed by atoms with Crippen molar-refractivity contribution in [1.29, 1.82) is 0 Å². The summed E-state index contributed by atoms with van der Waals surface area (Å²) in [4.78, 5) is 7.89. The van der Waals surface area contributed by atoms with E-state index in [4.69, 9.17) is 0 Å². The molecule has 3 aliphatic heterocycles. The van der Waals surface area contributed by atoms with Crippen molar-refractivity contribution in [2.75, 3.05) is 14.6 Å².